The molecular formula is C38H27BN2. The second kappa shape index (κ2) is 8.74. The van der Waals surface area contributed by atoms with Crippen molar-refractivity contribution in [2.45, 2.75) is 12.8 Å². The lowest BCUT2D eigenvalue weighted by atomic mass is 9.33. The summed E-state index contributed by atoms with van der Waals surface area (Å²) >= 11 is 0. The normalized spacial score (nSPS) is 14.0. The van der Waals surface area contributed by atoms with Crippen LogP contribution < -0.4 is 26.2 Å². The molecule has 0 bridgehead atoms. The van der Waals surface area contributed by atoms with Crippen molar-refractivity contribution in [1.29, 1.82) is 0 Å². The molecule has 0 fully saturated rings. The molecule has 0 N–H and O–H groups in total. The topological polar surface area (TPSA) is 6.48 Å². The van der Waals surface area contributed by atoms with Crippen LogP contribution in [-0.4, -0.2) is 6.71 Å². The lowest BCUT2D eigenvalue weighted by Crippen LogP contribution is -2.62. The number of hydrogen-bond acceptors (Lipinski definition) is 2. The molecule has 2 aliphatic heterocycles. The molecule has 6 aromatic carbocycles. The minimum atomic E-state index is 0.179. The molecule has 0 saturated heterocycles. The number of hydrogen-bond donors (Lipinski definition) is 0. The van der Waals surface area contributed by atoms with Crippen molar-refractivity contribution in [2.24, 2.45) is 0 Å². The van der Waals surface area contributed by atoms with Crippen LogP contribution in [0.3, 0.4) is 0 Å². The smallest absolute Gasteiger partial charge is 0.252 e. The van der Waals surface area contributed by atoms with Gasteiger partial charge in [-0.15, -0.1) is 0 Å². The molecule has 0 radical (unpaired) electrons. The van der Waals surface area contributed by atoms with Gasteiger partial charge in [0, 0.05) is 34.0 Å². The Labute approximate surface area is 241 Å². The minimum Gasteiger partial charge on any atom is -0.311 e. The first kappa shape index (κ1) is 22.8. The Kier molecular flexibility index (Phi) is 4.85. The summed E-state index contributed by atoms with van der Waals surface area (Å²) in [5.41, 5.74) is 17.3. The Morgan fingerprint density at radius 3 is 1.76 bits per heavy atom. The van der Waals surface area contributed by atoms with Crippen molar-refractivity contribution in [3.8, 4) is 11.1 Å². The van der Waals surface area contributed by atoms with Gasteiger partial charge in [-0.25, -0.2) is 0 Å². The highest BCUT2D eigenvalue weighted by molar-refractivity contribution is 7.00. The van der Waals surface area contributed by atoms with E-state index in [9.17, 15) is 0 Å². The second-order valence-corrected chi connectivity index (χ2v) is 11.2. The third kappa shape index (κ3) is 3.20. The van der Waals surface area contributed by atoms with E-state index in [-0.39, 0.29) is 6.71 Å². The lowest BCUT2D eigenvalue weighted by molar-refractivity contribution is 0.838. The van der Waals surface area contributed by atoms with Gasteiger partial charge in [-0.2, -0.15) is 0 Å². The lowest BCUT2D eigenvalue weighted by Gasteiger charge is -2.47. The molecule has 0 aromatic heterocycles. The first-order valence-corrected chi connectivity index (χ1v) is 14.5. The maximum absolute atomic E-state index is 2.54. The number of benzene rings is 6. The van der Waals surface area contributed by atoms with Crippen LogP contribution in [0.1, 0.15) is 11.1 Å². The fourth-order valence-corrected chi connectivity index (χ4v) is 7.31. The average molecular weight is 522 g/mol. The maximum atomic E-state index is 2.54. The van der Waals surface area contributed by atoms with Gasteiger partial charge in [0.1, 0.15) is 0 Å². The molecule has 41 heavy (non-hydrogen) atoms. The van der Waals surface area contributed by atoms with Gasteiger partial charge in [0.05, 0.1) is 5.69 Å². The Hall–Kier alpha value is -5.02. The number of fused-ring (bicyclic) bond motifs is 6. The summed E-state index contributed by atoms with van der Waals surface area (Å²) in [7, 11) is 0. The molecule has 9 rings (SSSR count). The van der Waals surface area contributed by atoms with Crippen LogP contribution >= 0.6 is 0 Å². The molecule has 192 valence electrons. The average Bonchev–Trinajstić information content (AvgIpc) is 3.03. The molecule has 0 unspecified atom stereocenters. The molecule has 6 aromatic rings. The number of rotatable bonds is 3. The third-order valence-corrected chi connectivity index (χ3v) is 9.13. The van der Waals surface area contributed by atoms with Crippen LogP contribution in [0.25, 0.3) is 11.1 Å². The van der Waals surface area contributed by atoms with Gasteiger partial charge >= 0.3 is 0 Å². The van der Waals surface area contributed by atoms with Gasteiger partial charge in [-0.1, -0.05) is 103 Å². The van der Waals surface area contributed by atoms with E-state index < -0.39 is 0 Å². The summed E-state index contributed by atoms with van der Waals surface area (Å²) in [6.07, 6.45) is 2.25. The Morgan fingerprint density at radius 1 is 0.488 bits per heavy atom. The maximum Gasteiger partial charge on any atom is 0.252 e. The summed E-state index contributed by atoms with van der Waals surface area (Å²) in [6.45, 7) is 0.179. The van der Waals surface area contributed by atoms with E-state index in [2.05, 4.69) is 149 Å². The van der Waals surface area contributed by atoms with Crippen molar-refractivity contribution in [3.63, 3.8) is 0 Å². The summed E-state index contributed by atoms with van der Waals surface area (Å²) in [5.74, 6) is 0. The zero-order valence-electron chi connectivity index (χ0n) is 22.7. The highest BCUT2D eigenvalue weighted by Crippen LogP contribution is 2.49. The summed E-state index contributed by atoms with van der Waals surface area (Å²) in [6, 6.07) is 51.2. The van der Waals surface area contributed by atoms with E-state index in [1.807, 2.05) is 0 Å². The summed E-state index contributed by atoms with van der Waals surface area (Å²) < 4.78 is 0. The summed E-state index contributed by atoms with van der Waals surface area (Å²) in [5, 5.41) is 0. The van der Waals surface area contributed by atoms with Gasteiger partial charge in [0.2, 0.25) is 0 Å². The second-order valence-electron chi connectivity index (χ2n) is 11.2. The van der Waals surface area contributed by atoms with Crippen molar-refractivity contribution in [3.05, 3.63) is 151 Å². The molecule has 0 saturated carbocycles. The molecule has 1 aliphatic carbocycles. The fraction of sp³-hybridized carbons (Fsp3) is 0.0526. The fourth-order valence-electron chi connectivity index (χ4n) is 7.31. The van der Waals surface area contributed by atoms with Crippen molar-refractivity contribution in [2.75, 3.05) is 9.80 Å². The van der Waals surface area contributed by atoms with Crippen molar-refractivity contribution < 1.29 is 0 Å². The summed E-state index contributed by atoms with van der Waals surface area (Å²) in [4.78, 5) is 5.08. The van der Waals surface area contributed by atoms with E-state index in [0.717, 1.165) is 12.8 Å². The standard InChI is InChI=1S/C38H27BN2/c1-3-13-26(14-4-1)29-17-7-10-20-33(29)41-35-22-12-9-19-32(35)39-31-18-8-11-21-34(31)40(28-15-5-2-6-16-28)38-30-24-23-27(30)25-36(41)37(38)39/h1-22,25H,23-24H2. The predicted octanol–water partition coefficient (Wildman–Crippen LogP) is 7.53. The Morgan fingerprint density at radius 2 is 1.07 bits per heavy atom. The first-order valence-electron chi connectivity index (χ1n) is 14.5. The number of para-hydroxylation sites is 4. The van der Waals surface area contributed by atoms with Crippen molar-refractivity contribution in [1.82, 2.24) is 0 Å². The number of anilines is 6. The molecule has 2 heterocycles. The van der Waals surface area contributed by atoms with Gasteiger partial charge in [-0.05, 0) is 82.3 Å². The van der Waals surface area contributed by atoms with Crippen LogP contribution in [-0.2, 0) is 12.8 Å². The molecule has 0 spiro atoms. The van der Waals surface area contributed by atoms with Gasteiger partial charge in [0.25, 0.3) is 6.71 Å². The van der Waals surface area contributed by atoms with Crippen LogP contribution in [0.2, 0.25) is 0 Å². The van der Waals surface area contributed by atoms with Gasteiger partial charge < -0.3 is 9.80 Å². The van der Waals surface area contributed by atoms with E-state index in [1.165, 1.54) is 72.8 Å². The van der Waals surface area contributed by atoms with Crippen LogP contribution in [0.4, 0.5) is 34.1 Å². The van der Waals surface area contributed by atoms with E-state index in [1.54, 1.807) is 0 Å². The quantitative estimate of drug-likeness (QED) is 0.221. The molecule has 0 amide bonds. The number of nitrogens with zero attached hydrogens (tertiary/aromatic N) is 2. The van der Waals surface area contributed by atoms with Crippen LogP contribution in [0.5, 0.6) is 0 Å². The van der Waals surface area contributed by atoms with Crippen LogP contribution in [0.15, 0.2) is 140 Å². The monoisotopic (exact) mass is 522 g/mol. The zero-order chi connectivity index (χ0) is 26.9. The van der Waals surface area contributed by atoms with Crippen molar-refractivity contribution >= 4 is 57.2 Å². The van der Waals surface area contributed by atoms with Gasteiger partial charge in [0.15, 0.2) is 0 Å². The SMILES string of the molecule is c1ccc(-c2ccccc2N2c3ccccc3B3c4ccccc4N(c4ccccc4)c4c5c(cc2c43)CC5)cc1. The van der Waals surface area contributed by atoms with E-state index in [0.29, 0.717) is 0 Å². The predicted molar refractivity (Wildman–Crippen MR) is 173 cm³/mol. The Bertz CT molecular complexity index is 1960. The molecule has 3 heteroatoms. The molecule has 2 nitrogen and oxygen atoms in total. The number of aryl methyl sites for hydroxylation is 1. The highest BCUT2D eigenvalue weighted by atomic mass is 15.2. The van der Waals surface area contributed by atoms with E-state index in [4.69, 9.17) is 0 Å². The minimum absolute atomic E-state index is 0.179. The zero-order valence-corrected chi connectivity index (χ0v) is 22.7. The highest BCUT2D eigenvalue weighted by Gasteiger charge is 2.45. The van der Waals surface area contributed by atoms with Crippen LogP contribution in [0, 0.1) is 0 Å². The molecular weight excluding hydrogens is 495 g/mol. The molecule has 0 atom stereocenters. The Balaban J connectivity index is 1.40. The van der Waals surface area contributed by atoms with E-state index >= 15 is 0 Å². The largest absolute Gasteiger partial charge is 0.311 e. The first-order chi connectivity index (χ1) is 20.4. The third-order valence-electron chi connectivity index (χ3n) is 9.13. The van der Waals surface area contributed by atoms with Gasteiger partial charge in [-0.3, -0.25) is 0 Å². The molecule has 3 aliphatic rings.